The molecule has 0 unspecified atom stereocenters. The summed E-state index contributed by atoms with van der Waals surface area (Å²) in [6.07, 6.45) is 16.8. The number of rotatable bonds is 8. The fourth-order valence-electron chi connectivity index (χ4n) is 2.14. The van der Waals surface area contributed by atoms with Crippen LogP contribution < -0.4 is 0 Å². The predicted molar refractivity (Wildman–Crippen MR) is 107 cm³/mol. The maximum absolute atomic E-state index is 12.4. The summed E-state index contributed by atoms with van der Waals surface area (Å²) in [6.45, 7) is 9.55. The van der Waals surface area contributed by atoms with Crippen LogP contribution in [0.4, 0.5) is 0 Å². The van der Waals surface area contributed by atoms with Crippen LogP contribution in [0, 0.1) is 12.8 Å². The molecule has 24 heavy (non-hydrogen) atoms. The highest BCUT2D eigenvalue weighted by atomic mass is 32.2. The summed E-state index contributed by atoms with van der Waals surface area (Å²) in [6, 6.07) is 8.28. The second-order valence-corrected chi connectivity index (χ2v) is 6.14. The Hall–Kier alpha value is -2.18. The number of thioether (sulfide) groups is 1. The molecule has 128 valence electrons. The highest BCUT2D eigenvalue weighted by molar-refractivity contribution is 7.98. The molecule has 0 N–H and O–H groups in total. The van der Waals surface area contributed by atoms with Crippen molar-refractivity contribution < 1.29 is 4.79 Å². The van der Waals surface area contributed by atoms with Gasteiger partial charge in [0.1, 0.15) is 0 Å². The van der Waals surface area contributed by atoms with E-state index >= 15 is 0 Å². The van der Waals surface area contributed by atoms with Gasteiger partial charge in [0.05, 0.1) is 6.42 Å². The average molecular weight is 342 g/mol. The van der Waals surface area contributed by atoms with Gasteiger partial charge >= 0.3 is 0 Å². The van der Waals surface area contributed by atoms with Crippen molar-refractivity contribution in [2.45, 2.75) is 30.7 Å². The molecule has 0 spiro atoms. The lowest BCUT2D eigenvalue weighted by atomic mass is 10.0. The molecule has 0 bridgehead atoms. The normalized spacial score (nSPS) is 11.6. The third kappa shape index (κ3) is 7.39. The minimum atomic E-state index is 0.127. The standard InChI is InChI=1S/C19H25NOS.C2H2/c1-6-8-16(7-2)13-15(3)20(4)19(21)14-17-9-11-18(22-5)12-10-17;1-2/h6-12,15H,1-2,13-14H2,3-5H3;1-2H/b16-8+;/t15-;/m1./s1. The van der Waals surface area contributed by atoms with Gasteiger partial charge in [-0.05, 0) is 42.9 Å². The SMILES string of the molecule is C#C.C=C/C=C(\C=C)C[C@@H](C)N(C)C(=O)Cc1ccc(SC)cc1. The molecule has 0 saturated carbocycles. The third-order valence-electron chi connectivity index (χ3n) is 3.69. The summed E-state index contributed by atoms with van der Waals surface area (Å²) >= 11 is 1.70. The maximum Gasteiger partial charge on any atom is 0.226 e. The molecular weight excluding hydrogens is 314 g/mol. The molecule has 1 aromatic carbocycles. The van der Waals surface area contributed by atoms with Crippen LogP contribution in [0.5, 0.6) is 0 Å². The number of hydrogen-bond acceptors (Lipinski definition) is 2. The summed E-state index contributed by atoms with van der Waals surface area (Å²) in [4.78, 5) is 15.4. The molecule has 1 aromatic rings. The lowest BCUT2D eigenvalue weighted by molar-refractivity contribution is -0.130. The molecule has 0 aliphatic heterocycles. The van der Waals surface area contributed by atoms with Crippen LogP contribution >= 0.6 is 11.8 Å². The van der Waals surface area contributed by atoms with E-state index in [9.17, 15) is 4.79 Å². The summed E-state index contributed by atoms with van der Waals surface area (Å²) < 4.78 is 0. The van der Waals surface area contributed by atoms with Gasteiger partial charge in [-0.25, -0.2) is 0 Å². The fraction of sp³-hybridized carbons (Fsp3) is 0.286. The number of amides is 1. The Kier molecular flexibility index (Phi) is 11.2. The Morgan fingerprint density at radius 3 is 2.33 bits per heavy atom. The molecule has 1 amide bonds. The van der Waals surface area contributed by atoms with Gasteiger partial charge in [0.2, 0.25) is 5.91 Å². The number of likely N-dealkylation sites (N-methyl/N-ethyl adjacent to an activating group) is 1. The quantitative estimate of drug-likeness (QED) is 0.387. The molecule has 0 heterocycles. The van der Waals surface area contributed by atoms with E-state index in [4.69, 9.17) is 0 Å². The zero-order valence-corrected chi connectivity index (χ0v) is 15.7. The monoisotopic (exact) mass is 341 g/mol. The fourth-order valence-corrected chi connectivity index (χ4v) is 2.55. The van der Waals surface area contributed by atoms with Crippen molar-refractivity contribution in [1.82, 2.24) is 4.90 Å². The molecule has 3 heteroatoms. The topological polar surface area (TPSA) is 20.3 Å². The van der Waals surface area contributed by atoms with Crippen molar-refractivity contribution in [2.75, 3.05) is 13.3 Å². The van der Waals surface area contributed by atoms with Crippen LogP contribution in [0.15, 0.2) is 66.1 Å². The van der Waals surface area contributed by atoms with Crippen molar-refractivity contribution in [2.24, 2.45) is 0 Å². The molecule has 1 atom stereocenters. The van der Waals surface area contributed by atoms with Crippen molar-refractivity contribution in [1.29, 1.82) is 0 Å². The minimum Gasteiger partial charge on any atom is -0.342 e. The molecule has 0 fully saturated rings. The number of nitrogens with zero attached hydrogens (tertiary/aromatic N) is 1. The lowest BCUT2D eigenvalue weighted by Gasteiger charge is -2.25. The van der Waals surface area contributed by atoms with Crippen LogP contribution in [0.2, 0.25) is 0 Å². The van der Waals surface area contributed by atoms with Gasteiger partial charge in [0.15, 0.2) is 0 Å². The van der Waals surface area contributed by atoms with Gasteiger partial charge in [-0.2, -0.15) is 0 Å². The number of terminal acetylenes is 1. The number of allylic oxidation sites excluding steroid dienone is 3. The van der Waals surface area contributed by atoms with Crippen LogP contribution in [0.25, 0.3) is 0 Å². The summed E-state index contributed by atoms with van der Waals surface area (Å²) in [5.41, 5.74) is 2.14. The third-order valence-corrected chi connectivity index (χ3v) is 4.44. The molecule has 0 aliphatic rings. The number of hydrogen-bond donors (Lipinski definition) is 0. The van der Waals surface area contributed by atoms with Crippen molar-refractivity contribution in [3.8, 4) is 12.8 Å². The van der Waals surface area contributed by atoms with Crippen LogP contribution in [0.3, 0.4) is 0 Å². The van der Waals surface area contributed by atoms with Gasteiger partial charge in [-0.3, -0.25) is 4.79 Å². The Balaban J connectivity index is 0.00000254. The van der Waals surface area contributed by atoms with Gasteiger partial charge in [0, 0.05) is 18.0 Å². The highest BCUT2D eigenvalue weighted by Crippen LogP contribution is 2.16. The first-order chi connectivity index (χ1) is 11.5. The van der Waals surface area contributed by atoms with E-state index in [-0.39, 0.29) is 11.9 Å². The Bertz CT molecular complexity index is 584. The first-order valence-electron chi connectivity index (χ1n) is 7.67. The van der Waals surface area contributed by atoms with E-state index in [1.165, 1.54) is 4.90 Å². The molecule has 0 radical (unpaired) electrons. The van der Waals surface area contributed by atoms with E-state index in [1.54, 1.807) is 17.8 Å². The average Bonchev–Trinajstić information content (AvgIpc) is 2.62. The van der Waals surface area contributed by atoms with E-state index in [2.05, 4.69) is 45.1 Å². The first-order valence-corrected chi connectivity index (χ1v) is 8.90. The van der Waals surface area contributed by atoms with Gasteiger partial charge in [-0.15, -0.1) is 24.6 Å². The summed E-state index contributed by atoms with van der Waals surface area (Å²) in [5.74, 6) is 0.131. The Morgan fingerprint density at radius 1 is 1.29 bits per heavy atom. The summed E-state index contributed by atoms with van der Waals surface area (Å²) in [5, 5.41) is 0. The van der Waals surface area contributed by atoms with Crippen molar-refractivity contribution in [3.63, 3.8) is 0 Å². The lowest BCUT2D eigenvalue weighted by Crippen LogP contribution is -2.36. The number of carbonyl (C=O) groups excluding carboxylic acids is 1. The van der Waals surface area contributed by atoms with Crippen molar-refractivity contribution >= 4 is 17.7 Å². The smallest absolute Gasteiger partial charge is 0.226 e. The van der Waals surface area contributed by atoms with Gasteiger partial charge < -0.3 is 4.90 Å². The molecular formula is C21H27NOS. The minimum absolute atomic E-state index is 0.127. The molecule has 0 aliphatic carbocycles. The van der Waals surface area contributed by atoms with Crippen LogP contribution in [-0.4, -0.2) is 30.2 Å². The maximum atomic E-state index is 12.4. The first kappa shape index (κ1) is 21.8. The Morgan fingerprint density at radius 2 is 1.88 bits per heavy atom. The number of benzene rings is 1. The number of carbonyl (C=O) groups is 1. The largest absolute Gasteiger partial charge is 0.342 e. The highest BCUT2D eigenvalue weighted by Gasteiger charge is 2.16. The van der Waals surface area contributed by atoms with Gasteiger partial charge in [0.25, 0.3) is 0 Å². The molecule has 1 rings (SSSR count). The zero-order valence-electron chi connectivity index (χ0n) is 14.9. The second kappa shape index (κ2) is 12.3. The molecule has 0 aromatic heterocycles. The van der Waals surface area contributed by atoms with Crippen LogP contribution in [0.1, 0.15) is 18.9 Å². The second-order valence-electron chi connectivity index (χ2n) is 5.26. The van der Waals surface area contributed by atoms with E-state index < -0.39 is 0 Å². The van der Waals surface area contributed by atoms with E-state index in [0.29, 0.717) is 6.42 Å². The zero-order chi connectivity index (χ0) is 18.5. The molecule has 0 saturated heterocycles. The molecule has 2 nitrogen and oxygen atoms in total. The Labute approximate surface area is 151 Å². The van der Waals surface area contributed by atoms with Crippen LogP contribution in [-0.2, 0) is 11.2 Å². The van der Waals surface area contributed by atoms with Gasteiger partial charge in [-0.1, -0.05) is 43.5 Å². The predicted octanol–water partition coefficient (Wildman–Crippen LogP) is 4.74. The van der Waals surface area contributed by atoms with E-state index in [0.717, 1.165) is 17.6 Å². The van der Waals surface area contributed by atoms with Crippen molar-refractivity contribution in [3.05, 3.63) is 66.8 Å². The van der Waals surface area contributed by atoms with E-state index in [1.807, 2.05) is 42.5 Å². The summed E-state index contributed by atoms with van der Waals surface area (Å²) in [7, 11) is 1.86.